The second-order valence-electron chi connectivity index (χ2n) is 7.69. The van der Waals surface area contributed by atoms with E-state index in [1.165, 1.54) is 5.56 Å². The van der Waals surface area contributed by atoms with Gasteiger partial charge in [-0.1, -0.05) is 42.5 Å². The Morgan fingerprint density at radius 3 is 2.58 bits per heavy atom. The molecule has 2 aromatic carbocycles. The number of benzene rings is 2. The molecule has 6 nitrogen and oxygen atoms in total. The summed E-state index contributed by atoms with van der Waals surface area (Å²) in [6, 6.07) is 18.5. The summed E-state index contributed by atoms with van der Waals surface area (Å²) >= 11 is 0. The van der Waals surface area contributed by atoms with E-state index in [9.17, 15) is 5.11 Å². The van der Waals surface area contributed by atoms with Crippen LogP contribution in [0.2, 0.25) is 0 Å². The van der Waals surface area contributed by atoms with Crippen molar-refractivity contribution in [2.45, 2.75) is 38.5 Å². The number of ether oxygens (including phenoxy) is 1. The predicted octanol–water partition coefficient (Wildman–Crippen LogP) is 3.57. The fourth-order valence-corrected chi connectivity index (χ4v) is 3.72. The van der Waals surface area contributed by atoms with Crippen LogP contribution in [0.1, 0.15) is 37.0 Å². The molecule has 1 unspecified atom stereocenters. The topological polar surface area (TPSA) is 69.1 Å². The van der Waals surface area contributed by atoms with Crippen LogP contribution in [-0.4, -0.2) is 55.3 Å². The maximum absolute atomic E-state index is 10.5. The number of likely N-dealkylation sites (tertiary alicyclic amines) is 1. The summed E-state index contributed by atoms with van der Waals surface area (Å²) < 4.78 is 5.24. The van der Waals surface area contributed by atoms with Crippen LogP contribution in [0.25, 0.3) is 0 Å². The molecular formula is C24H35IN4O2. The van der Waals surface area contributed by atoms with Crippen LogP contribution in [0.3, 0.4) is 0 Å². The van der Waals surface area contributed by atoms with Crippen molar-refractivity contribution in [2.24, 2.45) is 4.99 Å². The van der Waals surface area contributed by atoms with Crippen molar-refractivity contribution in [3.05, 3.63) is 65.7 Å². The lowest BCUT2D eigenvalue weighted by molar-refractivity contribution is 0.186. The van der Waals surface area contributed by atoms with Crippen LogP contribution in [-0.2, 0) is 6.54 Å². The molecule has 2 aromatic rings. The standard InChI is InChI=1S/C24H34N4O2.HI/c1-3-25-24(26-17-23(29)20-10-7-11-22(16-20)30-2)27-21-12-14-28(15-13-21)18-19-8-5-4-6-9-19;/h4-11,16,21,23,29H,3,12-15,17-18H2,1-2H3,(H2,25,26,27);1H. The number of methoxy groups -OCH3 is 1. The number of hydrogen-bond donors (Lipinski definition) is 3. The van der Waals surface area contributed by atoms with Crippen LogP contribution in [0.15, 0.2) is 59.6 Å². The number of aliphatic imine (C=N–C) groups is 1. The van der Waals surface area contributed by atoms with Crippen molar-refractivity contribution in [3.63, 3.8) is 0 Å². The maximum atomic E-state index is 10.5. The van der Waals surface area contributed by atoms with Gasteiger partial charge in [0.15, 0.2) is 5.96 Å². The summed E-state index contributed by atoms with van der Waals surface area (Å²) in [5, 5.41) is 17.4. The zero-order valence-electron chi connectivity index (χ0n) is 18.5. The molecule has 0 saturated carbocycles. The van der Waals surface area contributed by atoms with Crippen molar-refractivity contribution in [1.29, 1.82) is 0 Å². The minimum atomic E-state index is -0.664. The molecule has 31 heavy (non-hydrogen) atoms. The zero-order chi connectivity index (χ0) is 21.2. The number of aliphatic hydroxyl groups is 1. The Kier molecular flexibility index (Phi) is 11.1. The smallest absolute Gasteiger partial charge is 0.191 e. The van der Waals surface area contributed by atoms with Gasteiger partial charge >= 0.3 is 0 Å². The fraction of sp³-hybridized carbons (Fsp3) is 0.458. The Morgan fingerprint density at radius 2 is 1.90 bits per heavy atom. The highest BCUT2D eigenvalue weighted by Gasteiger charge is 2.20. The Bertz CT molecular complexity index is 795. The molecule has 1 heterocycles. The van der Waals surface area contributed by atoms with E-state index in [-0.39, 0.29) is 24.0 Å². The van der Waals surface area contributed by atoms with Crippen LogP contribution in [0, 0.1) is 0 Å². The molecule has 1 aliphatic rings. The summed E-state index contributed by atoms with van der Waals surface area (Å²) in [4.78, 5) is 7.12. The fourth-order valence-electron chi connectivity index (χ4n) is 3.72. The van der Waals surface area contributed by atoms with E-state index in [1.54, 1.807) is 7.11 Å². The quantitative estimate of drug-likeness (QED) is 0.273. The number of hydrogen-bond acceptors (Lipinski definition) is 4. The number of nitrogens with one attached hydrogen (secondary N) is 2. The SMILES string of the molecule is CCNC(=NCC(O)c1cccc(OC)c1)NC1CCN(Cc2ccccc2)CC1.I. The number of halogens is 1. The molecule has 7 heteroatoms. The maximum Gasteiger partial charge on any atom is 0.191 e. The molecule has 0 aromatic heterocycles. The predicted molar refractivity (Wildman–Crippen MR) is 137 cm³/mol. The van der Waals surface area contributed by atoms with Crippen LogP contribution >= 0.6 is 24.0 Å². The normalized spacial score (nSPS) is 16.3. The number of nitrogens with zero attached hydrogens (tertiary/aromatic N) is 2. The van der Waals surface area contributed by atoms with Crippen molar-refractivity contribution in [1.82, 2.24) is 15.5 Å². The molecule has 1 saturated heterocycles. The molecule has 170 valence electrons. The van der Waals surface area contributed by atoms with Crippen molar-refractivity contribution in [3.8, 4) is 5.75 Å². The monoisotopic (exact) mass is 538 g/mol. The average Bonchev–Trinajstić information content (AvgIpc) is 2.79. The molecule has 3 N–H and O–H groups in total. The average molecular weight is 538 g/mol. The van der Waals surface area contributed by atoms with Crippen molar-refractivity contribution in [2.75, 3.05) is 33.3 Å². The van der Waals surface area contributed by atoms with E-state index < -0.39 is 6.10 Å². The molecule has 1 fully saturated rings. The van der Waals surface area contributed by atoms with Crippen molar-refractivity contribution < 1.29 is 9.84 Å². The minimum absolute atomic E-state index is 0. The largest absolute Gasteiger partial charge is 0.497 e. The second kappa shape index (κ2) is 13.5. The first-order valence-corrected chi connectivity index (χ1v) is 10.8. The number of aliphatic hydroxyl groups excluding tert-OH is 1. The molecule has 0 spiro atoms. The molecule has 0 radical (unpaired) electrons. The van der Waals surface area contributed by atoms with Gasteiger partial charge in [0.25, 0.3) is 0 Å². The third-order valence-corrected chi connectivity index (χ3v) is 5.42. The summed E-state index contributed by atoms with van der Waals surface area (Å²) in [5.41, 5.74) is 2.17. The van der Waals surface area contributed by atoms with Crippen LogP contribution in [0.4, 0.5) is 0 Å². The molecule has 0 bridgehead atoms. The van der Waals surface area contributed by atoms with E-state index in [0.717, 1.165) is 56.3 Å². The first-order chi connectivity index (χ1) is 14.7. The van der Waals surface area contributed by atoms with Gasteiger partial charge in [0.05, 0.1) is 19.8 Å². The first-order valence-electron chi connectivity index (χ1n) is 10.8. The second-order valence-corrected chi connectivity index (χ2v) is 7.69. The Balaban J connectivity index is 0.00000341. The van der Waals surface area contributed by atoms with E-state index in [2.05, 4.69) is 57.8 Å². The first kappa shape index (κ1) is 25.4. The van der Waals surface area contributed by atoms with E-state index >= 15 is 0 Å². The lowest BCUT2D eigenvalue weighted by Crippen LogP contribution is -2.48. The van der Waals surface area contributed by atoms with Gasteiger partial charge in [-0.2, -0.15) is 0 Å². The van der Waals surface area contributed by atoms with Gasteiger partial charge in [0.1, 0.15) is 5.75 Å². The molecular weight excluding hydrogens is 503 g/mol. The Labute approximate surface area is 203 Å². The van der Waals surface area contributed by atoms with Gasteiger partial charge in [-0.05, 0) is 43.0 Å². The van der Waals surface area contributed by atoms with Gasteiger partial charge < -0.3 is 20.5 Å². The summed E-state index contributed by atoms with van der Waals surface area (Å²) in [6.45, 7) is 6.28. The highest BCUT2D eigenvalue weighted by atomic mass is 127. The summed E-state index contributed by atoms with van der Waals surface area (Å²) in [6.07, 6.45) is 1.49. The number of rotatable bonds is 8. The highest BCUT2D eigenvalue weighted by Crippen LogP contribution is 2.19. The van der Waals surface area contributed by atoms with Gasteiger partial charge in [-0.3, -0.25) is 9.89 Å². The molecule has 1 aliphatic heterocycles. The molecule has 0 aliphatic carbocycles. The zero-order valence-corrected chi connectivity index (χ0v) is 20.8. The Morgan fingerprint density at radius 1 is 1.16 bits per heavy atom. The lowest BCUT2D eigenvalue weighted by atomic mass is 10.0. The van der Waals surface area contributed by atoms with Gasteiger partial charge in [-0.25, -0.2) is 0 Å². The van der Waals surface area contributed by atoms with E-state index in [1.807, 2.05) is 24.3 Å². The third-order valence-electron chi connectivity index (χ3n) is 5.42. The molecule has 0 amide bonds. The van der Waals surface area contributed by atoms with Crippen LogP contribution in [0.5, 0.6) is 5.75 Å². The van der Waals surface area contributed by atoms with E-state index in [4.69, 9.17) is 4.74 Å². The summed E-state index contributed by atoms with van der Waals surface area (Å²) in [7, 11) is 1.63. The van der Waals surface area contributed by atoms with Gasteiger partial charge in [-0.15, -0.1) is 24.0 Å². The number of guanidine groups is 1. The Hall–Kier alpha value is -1.84. The van der Waals surface area contributed by atoms with E-state index in [0.29, 0.717) is 12.6 Å². The van der Waals surface area contributed by atoms with Gasteiger partial charge in [0.2, 0.25) is 0 Å². The minimum Gasteiger partial charge on any atom is -0.497 e. The number of piperidine rings is 1. The van der Waals surface area contributed by atoms with Gasteiger partial charge in [0, 0.05) is 32.2 Å². The summed E-state index contributed by atoms with van der Waals surface area (Å²) in [5.74, 6) is 1.50. The molecule has 1 atom stereocenters. The molecule has 3 rings (SSSR count). The third kappa shape index (κ3) is 8.31. The highest BCUT2D eigenvalue weighted by molar-refractivity contribution is 14.0. The lowest BCUT2D eigenvalue weighted by Gasteiger charge is -2.33. The van der Waals surface area contributed by atoms with Crippen LogP contribution < -0.4 is 15.4 Å². The van der Waals surface area contributed by atoms with Crippen molar-refractivity contribution >= 4 is 29.9 Å².